The molecule has 0 spiro atoms. The fraction of sp³-hybridized carbons (Fsp3) is 0.278. The fourth-order valence-corrected chi connectivity index (χ4v) is 2.56. The average Bonchev–Trinajstić information content (AvgIpc) is 3.12. The van der Waals surface area contributed by atoms with Gasteiger partial charge in [0.15, 0.2) is 29.6 Å². The zero-order valence-corrected chi connectivity index (χ0v) is 13.4. The molecule has 0 saturated carbocycles. The summed E-state index contributed by atoms with van der Waals surface area (Å²) >= 11 is 0. The van der Waals surface area contributed by atoms with Crippen molar-refractivity contribution >= 4 is 5.91 Å². The van der Waals surface area contributed by atoms with Crippen LogP contribution in [0.5, 0.6) is 28.7 Å². The SMILES string of the molecule is O=C(COc1ccc2c(c1)OCCO2)NCc1ccc2c(c1)OCO2. The molecule has 2 aliphatic heterocycles. The van der Waals surface area contributed by atoms with Crippen molar-refractivity contribution in [2.75, 3.05) is 26.6 Å². The molecular formula is C18H17NO6. The molecule has 7 heteroatoms. The van der Waals surface area contributed by atoms with Crippen molar-refractivity contribution in [3.8, 4) is 28.7 Å². The van der Waals surface area contributed by atoms with Crippen molar-refractivity contribution in [2.24, 2.45) is 0 Å². The number of amides is 1. The molecule has 7 nitrogen and oxygen atoms in total. The van der Waals surface area contributed by atoms with E-state index in [4.69, 9.17) is 23.7 Å². The first kappa shape index (κ1) is 15.4. The van der Waals surface area contributed by atoms with E-state index in [0.717, 1.165) is 11.3 Å². The number of benzene rings is 2. The summed E-state index contributed by atoms with van der Waals surface area (Å²) in [6.07, 6.45) is 0. The molecule has 1 N–H and O–H groups in total. The van der Waals surface area contributed by atoms with E-state index in [1.165, 1.54) is 0 Å². The van der Waals surface area contributed by atoms with E-state index in [1.54, 1.807) is 18.2 Å². The van der Waals surface area contributed by atoms with E-state index in [1.807, 2.05) is 18.2 Å². The number of carbonyl (C=O) groups excluding carboxylic acids is 1. The average molecular weight is 343 g/mol. The van der Waals surface area contributed by atoms with Gasteiger partial charge in [0.05, 0.1) is 0 Å². The Morgan fingerprint density at radius 3 is 2.56 bits per heavy atom. The Kier molecular flexibility index (Phi) is 4.20. The monoisotopic (exact) mass is 343 g/mol. The fourth-order valence-electron chi connectivity index (χ4n) is 2.56. The molecule has 0 aromatic heterocycles. The van der Waals surface area contributed by atoms with Gasteiger partial charge in [0, 0.05) is 12.6 Å². The Morgan fingerprint density at radius 2 is 1.64 bits per heavy atom. The van der Waals surface area contributed by atoms with Crippen LogP contribution in [0.25, 0.3) is 0 Å². The third-order valence-corrected chi connectivity index (χ3v) is 3.81. The first-order valence-corrected chi connectivity index (χ1v) is 7.95. The molecule has 1 amide bonds. The summed E-state index contributed by atoms with van der Waals surface area (Å²) in [6.45, 7) is 1.58. The van der Waals surface area contributed by atoms with Crippen molar-refractivity contribution in [1.29, 1.82) is 0 Å². The second kappa shape index (κ2) is 6.80. The standard InChI is InChI=1S/C18H17NO6/c20-18(19-9-12-1-3-15-16(7-12)25-11-24-15)10-23-13-2-4-14-17(8-13)22-6-5-21-14/h1-4,7-8H,5-6,9-11H2,(H,19,20). The van der Waals surface area contributed by atoms with Crippen LogP contribution < -0.4 is 29.0 Å². The van der Waals surface area contributed by atoms with Gasteiger partial charge in [-0.05, 0) is 29.8 Å². The minimum absolute atomic E-state index is 0.0792. The van der Waals surface area contributed by atoms with Gasteiger partial charge in [-0.3, -0.25) is 4.79 Å². The minimum Gasteiger partial charge on any atom is -0.486 e. The second-order valence-corrected chi connectivity index (χ2v) is 5.56. The minimum atomic E-state index is -0.215. The Labute approximate surface area is 144 Å². The lowest BCUT2D eigenvalue weighted by atomic mass is 10.2. The van der Waals surface area contributed by atoms with Crippen molar-refractivity contribution in [3.63, 3.8) is 0 Å². The lowest BCUT2D eigenvalue weighted by Crippen LogP contribution is -2.28. The predicted molar refractivity (Wildman–Crippen MR) is 87.3 cm³/mol. The van der Waals surface area contributed by atoms with Gasteiger partial charge in [-0.2, -0.15) is 0 Å². The number of fused-ring (bicyclic) bond motifs is 2. The lowest BCUT2D eigenvalue weighted by molar-refractivity contribution is -0.123. The molecule has 2 aromatic rings. The van der Waals surface area contributed by atoms with Gasteiger partial charge < -0.3 is 29.0 Å². The maximum absolute atomic E-state index is 12.0. The van der Waals surface area contributed by atoms with Crippen LogP contribution in [-0.4, -0.2) is 32.5 Å². The molecule has 0 bridgehead atoms. The molecular weight excluding hydrogens is 326 g/mol. The van der Waals surface area contributed by atoms with E-state index in [-0.39, 0.29) is 19.3 Å². The number of rotatable bonds is 5. The Balaban J connectivity index is 1.28. The number of ether oxygens (including phenoxy) is 5. The van der Waals surface area contributed by atoms with Crippen LogP contribution in [0, 0.1) is 0 Å². The summed E-state index contributed by atoms with van der Waals surface area (Å²) in [4.78, 5) is 12.0. The molecule has 4 rings (SSSR count). The van der Waals surface area contributed by atoms with Crippen LogP contribution in [0.3, 0.4) is 0 Å². The first-order chi connectivity index (χ1) is 12.3. The van der Waals surface area contributed by atoms with Crippen LogP contribution in [0.2, 0.25) is 0 Å². The third-order valence-electron chi connectivity index (χ3n) is 3.81. The Morgan fingerprint density at radius 1 is 0.920 bits per heavy atom. The lowest BCUT2D eigenvalue weighted by Gasteiger charge is -2.18. The molecule has 0 aliphatic carbocycles. The molecule has 2 aliphatic rings. The Bertz CT molecular complexity index is 791. The van der Waals surface area contributed by atoms with E-state index in [2.05, 4.69) is 5.32 Å². The van der Waals surface area contributed by atoms with Gasteiger partial charge in [0.1, 0.15) is 19.0 Å². The van der Waals surface area contributed by atoms with Gasteiger partial charge in [0.2, 0.25) is 6.79 Å². The van der Waals surface area contributed by atoms with Crippen molar-refractivity contribution in [1.82, 2.24) is 5.32 Å². The van der Waals surface area contributed by atoms with Gasteiger partial charge in [-0.25, -0.2) is 0 Å². The number of carbonyl (C=O) groups is 1. The van der Waals surface area contributed by atoms with Crippen molar-refractivity contribution < 1.29 is 28.5 Å². The second-order valence-electron chi connectivity index (χ2n) is 5.56. The summed E-state index contributed by atoms with van der Waals surface area (Å²) in [5, 5.41) is 2.81. The molecule has 2 aromatic carbocycles. The normalized spacial score (nSPS) is 14.1. The van der Waals surface area contributed by atoms with E-state index in [9.17, 15) is 4.79 Å². The molecule has 0 unspecified atom stereocenters. The molecule has 0 fully saturated rings. The highest BCUT2D eigenvalue weighted by atomic mass is 16.7. The van der Waals surface area contributed by atoms with E-state index >= 15 is 0 Å². The maximum atomic E-state index is 12.0. The van der Waals surface area contributed by atoms with Crippen LogP contribution in [0.4, 0.5) is 0 Å². The highest BCUT2D eigenvalue weighted by molar-refractivity contribution is 5.77. The molecule has 2 heterocycles. The van der Waals surface area contributed by atoms with Crippen molar-refractivity contribution in [3.05, 3.63) is 42.0 Å². The third kappa shape index (κ3) is 3.55. The van der Waals surface area contributed by atoms with Gasteiger partial charge in [-0.15, -0.1) is 0 Å². The maximum Gasteiger partial charge on any atom is 0.258 e. The van der Waals surface area contributed by atoms with E-state index < -0.39 is 0 Å². The van der Waals surface area contributed by atoms with Gasteiger partial charge in [-0.1, -0.05) is 6.07 Å². The molecule has 0 radical (unpaired) electrons. The van der Waals surface area contributed by atoms with E-state index in [0.29, 0.717) is 42.8 Å². The predicted octanol–water partition coefficient (Wildman–Crippen LogP) is 1.88. The molecule has 0 saturated heterocycles. The molecule has 130 valence electrons. The van der Waals surface area contributed by atoms with Crippen LogP contribution >= 0.6 is 0 Å². The Hall–Kier alpha value is -3.09. The van der Waals surface area contributed by atoms with Gasteiger partial charge in [0.25, 0.3) is 5.91 Å². The summed E-state index contributed by atoms with van der Waals surface area (Å²) in [5.74, 6) is 3.07. The first-order valence-electron chi connectivity index (χ1n) is 7.95. The molecule has 25 heavy (non-hydrogen) atoms. The smallest absolute Gasteiger partial charge is 0.258 e. The summed E-state index contributed by atoms with van der Waals surface area (Å²) in [5.41, 5.74) is 0.928. The van der Waals surface area contributed by atoms with Crippen LogP contribution in [0.15, 0.2) is 36.4 Å². The van der Waals surface area contributed by atoms with Crippen molar-refractivity contribution in [2.45, 2.75) is 6.54 Å². The molecule has 0 atom stereocenters. The number of hydrogen-bond acceptors (Lipinski definition) is 6. The van der Waals surface area contributed by atoms with Crippen LogP contribution in [-0.2, 0) is 11.3 Å². The zero-order valence-electron chi connectivity index (χ0n) is 13.4. The highest BCUT2D eigenvalue weighted by Gasteiger charge is 2.14. The zero-order chi connectivity index (χ0) is 17.1. The van der Waals surface area contributed by atoms with Crippen LogP contribution in [0.1, 0.15) is 5.56 Å². The quantitative estimate of drug-likeness (QED) is 0.893. The number of nitrogens with one attached hydrogen (secondary N) is 1. The topological polar surface area (TPSA) is 75.3 Å². The van der Waals surface area contributed by atoms with Gasteiger partial charge >= 0.3 is 0 Å². The highest BCUT2D eigenvalue weighted by Crippen LogP contribution is 2.34. The summed E-state index contributed by atoms with van der Waals surface area (Å²) in [6, 6.07) is 10.8. The number of hydrogen-bond donors (Lipinski definition) is 1. The summed E-state index contributed by atoms with van der Waals surface area (Å²) < 4.78 is 27.0. The largest absolute Gasteiger partial charge is 0.486 e. The summed E-state index contributed by atoms with van der Waals surface area (Å²) in [7, 11) is 0.